The molecule has 0 unspecified atom stereocenters. The van der Waals surface area contributed by atoms with Gasteiger partial charge in [-0.3, -0.25) is 0 Å². The third kappa shape index (κ3) is 10.5. The van der Waals surface area contributed by atoms with Crippen LogP contribution in [0.15, 0.2) is 0 Å². The van der Waals surface area contributed by atoms with Crippen molar-refractivity contribution in [3.05, 3.63) is 0 Å². The van der Waals surface area contributed by atoms with Crippen LogP contribution in [0.25, 0.3) is 0 Å². The summed E-state index contributed by atoms with van der Waals surface area (Å²) in [6.45, 7) is 0. The normalized spacial score (nSPS) is 5.50. The van der Waals surface area contributed by atoms with E-state index in [0.717, 1.165) is 12.2 Å². The second-order valence-electron chi connectivity index (χ2n) is 0.0431. The van der Waals surface area contributed by atoms with Gasteiger partial charge < -0.3 is 6.15 Å². The minimum absolute atomic E-state index is 0. The van der Waals surface area contributed by atoms with E-state index in [1.165, 1.54) is 0 Å². The van der Waals surface area contributed by atoms with Crippen LogP contribution in [0.5, 0.6) is 0 Å². The first-order chi connectivity index (χ1) is 1.41. The van der Waals surface area contributed by atoms with Gasteiger partial charge in [0.15, 0.2) is 0 Å². The van der Waals surface area contributed by atoms with Gasteiger partial charge in [-0.2, -0.15) is 0 Å². The van der Waals surface area contributed by atoms with Crippen LogP contribution in [0.3, 0.4) is 0 Å². The van der Waals surface area contributed by atoms with Gasteiger partial charge in [-0.25, -0.2) is 0 Å². The van der Waals surface area contributed by atoms with Gasteiger partial charge in [-0.05, 0) is 0 Å². The van der Waals surface area contributed by atoms with Crippen molar-refractivity contribution in [1.29, 1.82) is 0 Å². The second kappa shape index (κ2) is 8.87. The van der Waals surface area contributed by atoms with Crippen LogP contribution >= 0.6 is 24.2 Å². The molecule has 0 bridgehead atoms. The Labute approximate surface area is 42.8 Å². The fourth-order valence-electron chi connectivity index (χ4n) is 0. The Kier molecular flexibility index (Phi) is 19.9. The third-order valence-corrected chi connectivity index (χ3v) is 0. The maximum absolute atomic E-state index is 4.82. The Morgan fingerprint density at radius 2 is 1.75 bits per heavy atom. The molecule has 0 heterocycles. The van der Waals surface area contributed by atoms with Gasteiger partial charge in [0.25, 0.3) is 0 Å². The monoisotopic (exact) mass is 194 g/mol. The van der Waals surface area contributed by atoms with Crippen LogP contribution in [0.1, 0.15) is 0 Å². The van der Waals surface area contributed by atoms with E-state index < -0.39 is 0 Å². The summed E-state index contributed by atoms with van der Waals surface area (Å²) in [4.78, 5) is 0. The summed E-state index contributed by atoms with van der Waals surface area (Å²) in [5.41, 5.74) is 0. The van der Waals surface area contributed by atoms with Gasteiger partial charge in [0, 0.05) is 0 Å². The quantitative estimate of drug-likeness (QED) is 0.587. The fraction of sp³-hybridized carbons (Fsp3) is 0. The zero-order valence-corrected chi connectivity index (χ0v) is 5.05. The van der Waals surface area contributed by atoms with E-state index in [-0.39, 0.29) is 6.15 Å². The van der Waals surface area contributed by atoms with Crippen LogP contribution in [-0.2, 0) is 12.2 Å². The van der Waals surface area contributed by atoms with Crippen molar-refractivity contribution in [3.63, 3.8) is 0 Å². The first-order valence-electron chi connectivity index (χ1n) is 0.228. The molecule has 0 aliphatic rings. The Morgan fingerprint density at radius 1 is 1.75 bits per heavy atom. The van der Waals surface area contributed by atoms with Crippen LogP contribution in [0, 0.1) is 0 Å². The first kappa shape index (κ1) is 8.98. The summed E-state index contributed by atoms with van der Waals surface area (Å²) in [5, 5.41) is 0. The van der Waals surface area contributed by atoms with Gasteiger partial charge in [0.05, 0.1) is 0 Å². The number of hydrogen-bond acceptors (Lipinski definition) is 1. The van der Waals surface area contributed by atoms with Crippen molar-refractivity contribution in [1.82, 2.24) is 6.15 Å². The Bertz CT molecular complexity index is 8.00. The average molecular weight is 196 g/mol. The molecule has 0 aliphatic carbocycles. The Balaban J connectivity index is 0. The average Bonchev–Trinajstić information content (AvgIpc) is 0.918. The zero-order chi connectivity index (χ0) is 2.71. The Hall–Kier alpha value is 1.25. The molecule has 1 nitrogen and oxygen atoms in total. The zero-order valence-electron chi connectivity index (χ0n) is 1.76. The number of rotatable bonds is 0. The Morgan fingerprint density at radius 3 is 1.75 bits per heavy atom. The van der Waals surface area contributed by atoms with Crippen LogP contribution < -0.4 is 6.15 Å². The van der Waals surface area contributed by atoms with E-state index in [0.29, 0.717) is 0 Å². The summed E-state index contributed by atoms with van der Waals surface area (Å²) in [7, 11) is 4.82. The molecule has 3 N–H and O–H groups in total. The molecule has 0 aliphatic heterocycles. The molecule has 0 aromatic heterocycles. The van der Waals surface area contributed by atoms with E-state index in [1.807, 2.05) is 0 Å². The summed E-state index contributed by atoms with van der Waals surface area (Å²) in [6, 6.07) is 0. The van der Waals surface area contributed by atoms with Gasteiger partial charge in [-0.1, -0.05) is 0 Å². The van der Waals surface area contributed by atoms with E-state index in [4.69, 9.17) is 10.1 Å². The SMILES string of the molecule is N.[Cl][Cu][Br]. The van der Waals surface area contributed by atoms with Crippen molar-refractivity contribution in [2.75, 3.05) is 0 Å². The van der Waals surface area contributed by atoms with Crippen molar-refractivity contribution < 1.29 is 12.2 Å². The molecule has 4 heavy (non-hydrogen) atoms. The van der Waals surface area contributed by atoms with Crippen molar-refractivity contribution >= 4 is 24.2 Å². The maximum atomic E-state index is 4.82. The van der Waals surface area contributed by atoms with E-state index in [1.54, 1.807) is 0 Å². The summed E-state index contributed by atoms with van der Waals surface area (Å²) < 4.78 is 0. The molecular weight excluding hydrogens is 193 g/mol. The van der Waals surface area contributed by atoms with E-state index in [2.05, 4.69) is 14.1 Å². The topological polar surface area (TPSA) is 35.0 Å². The standard InChI is InChI=1S/BrH.ClH.Cu.H3N/h2*1H;;1H3/q;;+2;/p-2. The van der Waals surface area contributed by atoms with Crippen LogP contribution in [-0.4, -0.2) is 0 Å². The molecule has 0 rings (SSSR count). The number of hydrogen-bond donors (Lipinski definition) is 1. The molecule has 0 fully saturated rings. The molecule has 0 saturated carbocycles. The van der Waals surface area contributed by atoms with Crippen molar-refractivity contribution in [2.24, 2.45) is 0 Å². The summed E-state index contributed by atoms with van der Waals surface area (Å²) in [6.07, 6.45) is 0. The molecule has 4 heteroatoms. The third-order valence-electron chi connectivity index (χ3n) is 0. The molecular formula is H3BrClCuN. The predicted octanol–water partition coefficient (Wildman–Crippen LogP) is 1.69. The first-order valence-corrected chi connectivity index (χ1v) is 3.85. The predicted molar refractivity (Wildman–Crippen MR) is 19.8 cm³/mol. The second-order valence-corrected chi connectivity index (χ2v) is 2.77. The molecule has 33 valence electrons. The summed E-state index contributed by atoms with van der Waals surface area (Å²) in [5.74, 6) is 0. The van der Waals surface area contributed by atoms with Gasteiger partial charge in [-0.15, -0.1) is 0 Å². The van der Waals surface area contributed by atoms with Gasteiger partial charge in [0.2, 0.25) is 0 Å². The number of halogens is 2. The van der Waals surface area contributed by atoms with E-state index in [9.17, 15) is 0 Å². The molecule has 0 saturated heterocycles. The fourth-order valence-corrected chi connectivity index (χ4v) is 0. The molecule has 0 radical (unpaired) electrons. The van der Waals surface area contributed by atoms with Crippen molar-refractivity contribution in [3.8, 4) is 0 Å². The molecule has 0 aromatic rings. The minimum atomic E-state index is 0. The van der Waals surface area contributed by atoms with Crippen LogP contribution in [0.4, 0.5) is 0 Å². The van der Waals surface area contributed by atoms with Crippen molar-refractivity contribution in [2.45, 2.75) is 0 Å². The van der Waals surface area contributed by atoms with Crippen LogP contribution in [0.2, 0.25) is 0 Å². The molecule has 0 aromatic carbocycles. The van der Waals surface area contributed by atoms with Gasteiger partial charge in [0.1, 0.15) is 0 Å². The molecule has 0 atom stereocenters. The molecule has 0 spiro atoms. The molecule has 0 amide bonds. The van der Waals surface area contributed by atoms with E-state index >= 15 is 0 Å². The summed E-state index contributed by atoms with van der Waals surface area (Å²) >= 11 is 3.91. The van der Waals surface area contributed by atoms with Gasteiger partial charge >= 0.3 is 36.4 Å².